The second-order valence-corrected chi connectivity index (χ2v) is 11.4. The molecule has 9 heteroatoms. The van der Waals surface area contributed by atoms with E-state index in [0.717, 1.165) is 16.7 Å². The van der Waals surface area contributed by atoms with Crippen LogP contribution in [-0.2, 0) is 37.5 Å². The summed E-state index contributed by atoms with van der Waals surface area (Å²) in [6.45, 7) is 7.69. The fourth-order valence-electron chi connectivity index (χ4n) is 5.38. The highest BCUT2D eigenvalue weighted by Crippen LogP contribution is 2.37. The van der Waals surface area contributed by atoms with Gasteiger partial charge >= 0.3 is 12.1 Å². The van der Waals surface area contributed by atoms with Crippen molar-refractivity contribution in [3.63, 3.8) is 0 Å². The average Bonchev–Trinajstić information content (AvgIpc) is 2.91. The van der Waals surface area contributed by atoms with Gasteiger partial charge in [-0.05, 0) is 57.2 Å². The Labute approximate surface area is 229 Å². The van der Waals surface area contributed by atoms with Crippen molar-refractivity contribution in [1.29, 1.82) is 0 Å². The minimum atomic E-state index is -1.11. The van der Waals surface area contributed by atoms with Crippen LogP contribution in [-0.4, -0.2) is 69.6 Å². The van der Waals surface area contributed by atoms with Crippen molar-refractivity contribution in [2.24, 2.45) is 0 Å². The van der Waals surface area contributed by atoms with E-state index in [1.165, 1.54) is 11.8 Å². The summed E-state index contributed by atoms with van der Waals surface area (Å²) < 4.78 is 5.65. The quantitative estimate of drug-likeness (QED) is 0.606. The molecule has 2 N–H and O–H groups in total. The molecule has 0 spiro atoms. The molecule has 39 heavy (non-hydrogen) atoms. The first kappa shape index (κ1) is 28.1. The monoisotopic (exact) mass is 535 g/mol. The van der Waals surface area contributed by atoms with Crippen molar-refractivity contribution in [3.05, 3.63) is 71.3 Å². The number of nitrogens with zero attached hydrogens (tertiary/aromatic N) is 2. The van der Waals surface area contributed by atoms with Crippen molar-refractivity contribution < 1.29 is 29.0 Å². The van der Waals surface area contributed by atoms with Crippen LogP contribution in [0, 0.1) is 0 Å². The Morgan fingerprint density at radius 3 is 2.15 bits per heavy atom. The third-order valence-corrected chi connectivity index (χ3v) is 7.57. The number of hydrogen-bond acceptors (Lipinski definition) is 5. The second kappa shape index (κ2) is 11.1. The minimum Gasteiger partial charge on any atom is -0.480 e. The lowest BCUT2D eigenvalue weighted by Crippen LogP contribution is -2.59. The number of nitrogens with one attached hydrogen (secondary N) is 1. The maximum absolute atomic E-state index is 13.9. The molecule has 2 aliphatic rings. The lowest BCUT2D eigenvalue weighted by atomic mass is 9.71. The molecule has 0 aliphatic carbocycles. The largest absolute Gasteiger partial charge is 0.480 e. The summed E-state index contributed by atoms with van der Waals surface area (Å²) in [5.41, 5.74) is 1.12. The molecule has 1 saturated heterocycles. The van der Waals surface area contributed by atoms with Crippen LogP contribution in [0.3, 0.4) is 0 Å². The lowest BCUT2D eigenvalue weighted by molar-refractivity contribution is -0.144. The van der Waals surface area contributed by atoms with E-state index >= 15 is 0 Å². The van der Waals surface area contributed by atoms with E-state index in [1.807, 2.05) is 54.6 Å². The SMILES string of the molecule is CC(NC(=O)C1(c2ccccc2)CCN(C(=O)C2Cc3ccccc3CN2C(=O)OC(C)(C)C)CC1)C(=O)O. The zero-order valence-corrected chi connectivity index (χ0v) is 23.0. The molecule has 2 aliphatic heterocycles. The minimum absolute atomic E-state index is 0.184. The van der Waals surface area contributed by atoms with Gasteiger partial charge in [-0.25, -0.2) is 4.79 Å². The predicted octanol–water partition coefficient (Wildman–Crippen LogP) is 3.50. The zero-order chi connectivity index (χ0) is 28.4. The summed E-state index contributed by atoms with van der Waals surface area (Å²) in [6.07, 6.45) is 0.506. The topological polar surface area (TPSA) is 116 Å². The molecule has 1 fully saturated rings. The van der Waals surface area contributed by atoms with Crippen molar-refractivity contribution in [2.45, 2.75) is 76.6 Å². The summed E-state index contributed by atoms with van der Waals surface area (Å²) in [4.78, 5) is 55.2. The third kappa shape index (κ3) is 6.08. The van der Waals surface area contributed by atoms with Crippen molar-refractivity contribution in [1.82, 2.24) is 15.1 Å². The zero-order valence-electron chi connectivity index (χ0n) is 23.0. The molecule has 4 rings (SSSR count). The van der Waals surface area contributed by atoms with Gasteiger partial charge in [0.25, 0.3) is 0 Å². The smallest absolute Gasteiger partial charge is 0.411 e. The highest BCUT2D eigenvalue weighted by molar-refractivity contribution is 5.92. The van der Waals surface area contributed by atoms with E-state index in [1.54, 1.807) is 25.7 Å². The molecule has 0 bridgehead atoms. The number of carboxylic acids is 1. The van der Waals surface area contributed by atoms with E-state index < -0.39 is 35.2 Å². The molecule has 2 aromatic rings. The number of carbonyl (C=O) groups is 4. The normalized spacial score (nSPS) is 19.4. The number of ether oxygens (including phenoxy) is 1. The van der Waals surface area contributed by atoms with Crippen molar-refractivity contribution >= 4 is 23.9 Å². The molecule has 0 radical (unpaired) electrons. The maximum atomic E-state index is 13.9. The Balaban J connectivity index is 1.57. The van der Waals surface area contributed by atoms with E-state index in [0.29, 0.717) is 32.4 Å². The molecule has 0 aromatic heterocycles. The Morgan fingerprint density at radius 2 is 1.56 bits per heavy atom. The van der Waals surface area contributed by atoms with Gasteiger partial charge in [-0.3, -0.25) is 19.3 Å². The average molecular weight is 536 g/mol. The predicted molar refractivity (Wildman–Crippen MR) is 145 cm³/mol. The number of fused-ring (bicyclic) bond motifs is 1. The van der Waals surface area contributed by atoms with Crippen LogP contribution in [0.4, 0.5) is 4.79 Å². The fourth-order valence-corrected chi connectivity index (χ4v) is 5.38. The number of benzene rings is 2. The standard InChI is InChI=1S/C30H37N3O6/c1-20(26(35)36)31-27(37)30(23-12-6-5-7-13-23)14-16-32(17-15-30)25(34)24-18-21-10-8-9-11-22(21)19-33(24)28(38)39-29(2,3)4/h5-13,20,24H,14-19H2,1-4H3,(H,31,37)(H,35,36). The number of rotatable bonds is 5. The van der Waals surface area contributed by atoms with Crippen LogP contribution >= 0.6 is 0 Å². The molecule has 2 unspecified atom stereocenters. The van der Waals surface area contributed by atoms with Crippen LogP contribution < -0.4 is 5.32 Å². The first-order valence-electron chi connectivity index (χ1n) is 13.4. The number of aliphatic carboxylic acids is 1. The third-order valence-electron chi connectivity index (χ3n) is 7.57. The highest BCUT2D eigenvalue weighted by Gasteiger charge is 2.46. The highest BCUT2D eigenvalue weighted by atomic mass is 16.6. The number of carbonyl (C=O) groups excluding carboxylic acids is 3. The van der Waals surface area contributed by atoms with Gasteiger partial charge in [0.2, 0.25) is 11.8 Å². The van der Waals surface area contributed by atoms with Crippen LogP contribution in [0.1, 0.15) is 57.2 Å². The molecule has 0 saturated carbocycles. The number of carboxylic acid groups (broad SMARTS) is 1. The Bertz CT molecular complexity index is 1230. The van der Waals surface area contributed by atoms with Gasteiger partial charge in [-0.15, -0.1) is 0 Å². The Hall–Kier alpha value is -3.88. The van der Waals surface area contributed by atoms with Crippen molar-refractivity contribution in [2.75, 3.05) is 13.1 Å². The number of piperidine rings is 1. The molecular formula is C30H37N3O6. The second-order valence-electron chi connectivity index (χ2n) is 11.4. The van der Waals surface area contributed by atoms with Crippen LogP contribution in [0.25, 0.3) is 0 Å². The number of amides is 3. The summed E-state index contributed by atoms with van der Waals surface area (Å²) in [7, 11) is 0. The van der Waals surface area contributed by atoms with Crippen LogP contribution in [0.15, 0.2) is 54.6 Å². The van der Waals surface area contributed by atoms with Gasteiger partial charge in [-0.2, -0.15) is 0 Å². The van der Waals surface area contributed by atoms with Gasteiger partial charge in [-0.1, -0.05) is 54.6 Å². The van der Waals surface area contributed by atoms with Gasteiger partial charge < -0.3 is 20.1 Å². The fraction of sp³-hybridized carbons (Fsp3) is 0.467. The molecule has 3 amide bonds. The molecule has 208 valence electrons. The van der Waals surface area contributed by atoms with Gasteiger partial charge in [0, 0.05) is 19.5 Å². The summed E-state index contributed by atoms with van der Waals surface area (Å²) in [6, 6.07) is 15.3. The van der Waals surface area contributed by atoms with E-state index in [4.69, 9.17) is 4.74 Å². The number of likely N-dealkylation sites (tertiary alicyclic amines) is 1. The Morgan fingerprint density at radius 1 is 0.974 bits per heavy atom. The van der Waals surface area contributed by atoms with Crippen molar-refractivity contribution in [3.8, 4) is 0 Å². The molecule has 2 heterocycles. The van der Waals surface area contributed by atoms with E-state index in [2.05, 4.69) is 5.32 Å². The Kier molecular flexibility index (Phi) is 7.99. The van der Waals surface area contributed by atoms with Gasteiger partial charge in [0.15, 0.2) is 0 Å². The summed E-state index contributed by atoms with van der Waals surface area (Å²) in [5.74, 6) is -1.66. The molecule has 2 atom stereocenters. The van der Waals surface area contributed by atoms with Gasteiger partial charge in [0.05, 0.1) is 12.0 Å². The van der Waals surface area contributed by atoms with E-state index in [9.17, 15) is 24.3 Å². The molecular weight excluding hydrogens is 498 g/mol. The maximum Gasteiger partial charge on any atom is 0.411 e. The van der Waals surface area contributed by atoms with Crippen LogP contribution in [0.2, 0.25) is 0 Å². The summed E-state index contributed by atoms with van der Waals surface area (Å²) >= 11 is 0. The first-order chi connectivity index (χ1) is 18.4. The molecule has 9 nitrogen and oxygen atoms in total. The van der Waals surface area contributed by atoms with Gasteiger partial charge in [0.1, 0.15) is 17.7 Å². The van der Waals surface area contributed by atoms with Crippen LogP contribution in [0.5, 0.6) is 0 Å². The lowest BCUT2D eigenvalue weighted by Gasteiger charge is -2.44. The first-order valence-corrected chi connectivity index (χ1v) is 13.4. The van der Waals surface area contributed by atoms with E-state index in [-0.39, 0.29) is 18.4 Å². The number of hydrogen-bond donors (Lipinski definition) is 2. The molecule has 2 aromatic carbocycles. The summed E-state index contributed by atoms with van der Waals surface area (Å²) in [5, 5.41) is 12.0.